The van der Waals surface area contributed by atoms with Gasteiger partial charge < -0.3 is 0 Å². The average Bonchev–Trinajstić information content (AvgIpc) is 2.07. The van der Waals surface area contributed by atoms with Gasteiger partial charge in [-0.1, -0.05) is 15.9 Å². The number of halogens is 1. The summed E-state index contributed by atoms with van der Waals surface area (Å²) in [6.07, 6.45) is 1.84. The molecule has 2 aromatic rings. The molecular weight excluding hydrogens is 226 g/mol. The molecule has 1 aromatic heterocycles. The Morgan fingerprint density at radius 3 is 2.69 bits per heavy atom. The molecule has 0 unspecified atom stereocenters. The Labute approximate surface area is 85.9 Å². The van der Waals surface area contributed by atoms with Gasteiger partial charge >= 0.3 is 0 Å². The Hall–Kier alpha value is -0.890. The molecule has 0 saturated carbocycles. The van der Waals surface area contributed by atoms with Crippen molar-refractivity contribution in [2.75, 3.05) is 0 Å². The SMILES string of the molecule is Cc1cc(Br)c2ccnc(C)c2c1. The van der Waals surface area contributed by atoms with Crippen molar-refractivity contribution >= 4 is 26.7 Å². The van der Waals surface area contributed by atoms with Crippen LogP contribution in [0.15, 0.2) is 28.9 Å². The number of hydrogen-bond donors (Lipinski definition) is 0. The number of benzene rings is 1. The molecule has 0 fully saturated rings. The molecule has 0 N–H and O–H groups in total. The van der Waals surface area contributed by atoms with E-state index in [1.807, 2.05) is 19.2 Å². The van der Waals surface area contributed by atoms with Crippen molar-refractivity contribution in [1.29, 1.82) is 0 Å². The van der Waals surface area contributed by atoms with E-state index < -0.39 is 0 Å². The van der Waals surface area contributed by atoms with Crippen LogP contribution < -0.4 is 0 Å². The molecule has 0 aliphatic heterocycles. The smallest absolute Gasteiger partial charge is 0.0451 e. The molecule has 0 bridgehead atoms. The van der Waals surface area contributed by atoms with Gasteiger partial charge in [0.25, 0.3) is 0 Å². The van der Waals surface area contributed by atoms with Crippen molar-refractivity contribution in [3.63, 3.8) is 0 Å². The zero-order chi connectivity index (χ0) is 9.42. The Kier molecular flexibility index (Phi) is 2.08. The summed E-state index contributed by atoms with van der Waals surface area (Å²) in [5.41, 5.74) is 2.34. The third-order valence-corrected chi connectivity index (χ3v) is 2.83. The van der Waals surface area contributed by atoms with Crippen LogP contribution in [0.25, 0.3) is 10.8 Å². The monoisotopic (exact) mass is 235 g/mol. The number of aromatic nitrogens is 1. The number of pyridine rings is 1. The standard InChI is InChI=1S/C11H10BrN/c1-7-5-10-8(2)13-4-3-9(10)11(12)6-7/h3-6H,1-2H3. The van der Waals surface area contributed by atoms with Gasteiger partial charge in [-0.2, -0.15) is 0 Å². The largest absolute Gasteiger partial charge is 0.261 e. The lowest BCUT2D eigenvalue weighted by Gasteiger charge is -2.04. The third-order valence-electron chi connectivity index (χ3n) is 2.17. The lowest BCUT2D eigenvalue weighted by molar-refractivity contribution is 1.23. The van der Waals surface area contributed by atoms with Crippen molar-refractivity contribution in [2.24, 2.45) is 0 Å². The summed E-state index contributed by atoms with van der Waals surface area (Å²) < 4.78 is 1.15. The molecule has 0 spiro atoms. The maximum Gasteiger partial charge on any atom is 0.0451 e. The fraction of sp³-hybridized carbons (Fsp3) is 0.182. The normalized spacial score (nSPS) is 10.7. The second-order valence-corrected chi connectivity index (χ2v) is 4.09. The molecule has 0 aliphatic rings. The van der Waals surface area contributed by atoms with Gasteiger partial charge in [0.2, 0.25) is 0 Å². The highest BCUT2D eigenvalue weighted by Gasteiger charge is 2.01. The van der Waals surface area contributed by atoms with Gasteiger partial charge in [0.05, 0.1) is 0 Å². The Balaban J connectivity index is 2.94. The van der Waals surface area contributed by atoms with Crippen LogP contribution in [-0.2, 0) is 0 Å². The third kappa shape index (κ3) is 1.46. The molecule has 0 atom stereocenters. The molecule has 13 heavy (non-hydrogen) atoms. The van der Waals surface area contributed by atoms with E-state index in [9.17, 15) is 0 Å². The minimum absolute atomic E-state index is 1.09. The van der Waals surface area contributed by atoms with Gasteiger partial charge in [0, 0.05) is 21.7 Å². The molecular formula is C11H10BrN. The average molecular weight is 236 g/mol. The van der Waals surface area contributed by atoms with E-state index in [0.29, 0.717) is 0 Å². The van der Waals surface area contributed by atoms with Gasteiger partial charge in [-0.3, -0.25) is 4.98 Å². The van der Waals surface area contributed by atoms with Crippen LogP contribution in [0.1, 0.15) is 11.3 Å². The summed E-state index contributed by atoms with van der Waals surface area (Å²) >= 11 is 3.55. The molecule has 1 heterocycles. The number of fused-ring (bicyclic) bond motifs is 1. The highest BCUT2D eigenvalue weighted by atomic mass is 79.9. The molecule has 0 amide bonds. The highest BCUT2D eigenvalue weighted by Crippen LogP contribution is 2.26. The first-order valence-corrected chi connectivity index (χ1v) is 4.99. The molecule has 2 heteroatoms. The lowest BCUT2D eigenvalue weighted by Crippen LogP contribution is -1.85. The molecule has 0 radical (unpaired) electrons. The van der Waals surface area contributed by atoms with Crippen molar-refractivity contribution < 1.29 is 0 Å². The van der Waals surface area contributed by atoms with Crippen LogP contribution in [0, 0.1) is 13.8 Å². The van der Waals surface area contributed by atoms with Crippen LogP contribution >= 0.6 is 15.9 Å². The fourth-order valence-electron chi connectivity index (χ4n) is 1.52. The van der Waals surface area contributed by atoms with Crippen LogP contribution in [0.4, 0.5) is 0 Å². The number of hydrogen-bond acceptors (Lipinski definition) is 1. The quantitative estimate of drug-likeness (QED) is 0.680. The van der Waals surface area contributed by atoms with Crippen molar-refractivity contribution in [3.8, 4) is 0 Å². The summed E-state index contributed by atoms with van der Waals surface area (Å²) in [4.78, 5) is 4.27. The molecule has 1 nitrogen and oxygen atoms in total. The van der Waals surface area contributed by atoms with Crippen molar-refractivity contribution in [3.05, 3.63) is 40.1 Å². The van der Waals surface area contributed by atoms with Gasteiger partial charge in [-0.15, -0.1) is 0 Å². The fourth-order valence-corrected chi connectivity index (χ4v) is 2.22. The molecule has 66 valence electrons. The van der Waals surface area contributed by atoms with E-state index >= 15 is 0 Å². The minimum atomic E-state index is 1.09. The Bertz CT molecular complexity index is 463. The van der Waals surface area contributed by atoms with E-state index in [1.54, 1.807) is 0 Å². The van der Waals surface area contributed by atoms with Gasteiger partial charge in [0.1, 0.15) is 0 Å². The predicted octanol–water partition coefficient (Wildman–Crippen LogP) is 3.61. The minimum Gasteiger partial charge on any atom is -0.261 e. The van der Waals surface area contributed by atoms with Crippen LogP contribution in [0.3, 0.4) is 0 Å². The molecule has 0 saturated heterocycles. The first-order chi connectivity index (χ1) is 6.18. The van der Waals surface area contributed by atoms with E-state index in [1.165, 1.54) is 16.3 Å². The summed E-state index contributed by atoms with van der Waals surface area (Å²) in [6, 6.07) is 6.33. The molecule has 2 rings (SSSR count). The van der Waals surface area contributed by atoms with Crippen molar-refractivity contribution in [1.82, 2.24) is 4.98 Å². The van der Waals surface area contributed by atoms with Gasteiger partial charge in [-0.25, -0.2) is 0 Å². The summed E-state index contributed by atoms with van der Waals surface area (Å²) in [5.74, 6) is 0. The maximum absolute atomic E-state index is 4.27. The van der Waals surface area contributed by atoms with Gasteiger partial charge in [-0.05, 0) is 43.0 Å². The highest BCUT2D eigenvalue weighted by molar-refractivity contribution is 9.10. The summed E-state index contributed by atoms with van der Waals surface area (Å²) in [5, 5.41) is 2.47. The second kappa shape index (κ2) is 3.11. The molecule has 0 aliphatic carbocycles. The summed E-state index contributed by atoms with van der Waals surface area (Å²) in [6.45, 7) is 4.13. The van der Waals surface area contributed by atoms with Gasteiger partial charge in [0.15, 0.2) is 0 Å². The van der Waals surface area contributed by atoms with Crippen LogP contribution in [0.5, 0.6) is 0 Å². The van der Waals surface area contributed by atoms with Crippen LogP contribution in [0.2, 0.25) is 0 Å². The van der Waals surface area contributed by atoms with E-state index in [0.717, 1.165) is 10.2 Å². The second-order valence-electron chi connectivity index (χ2n) is 3.24. The Morgan fingerprint density at radius 1 is 1.15 bits per heavy atom. The number of rotatable bonds is 0. The zero-order valence-electron chi connectivity index (χ0n) is 7.63. The first-order valence-electron chi connectivity index (χ1n) is 4.20. The Morgan fingerprint density at radius 2 is 1.92 bits per heavy atom. The zero-order valence-corrected chi connectivity index (χ0v) is 9.22. The van der Waals surface area contributed by atoms with E-state index in [4.69, 9.17) is 0 Å². The summed E-state index contributed by atoms with van der Waals surface area (Å²) in [7, 11) is 0. The lowest BCUT2D eigenvalue weighted by atomic mass is 10.1. The van der Waals surface area contributed by atoms with Crippen molar-refractivity contribution in [2.45, 2.75) is 13.8 Å². The molecule has 1 aromatic carbocycles. The van der Waals surface area contributed by atoms with Crippen LogP contribution in [-0.4, -0.2) is 4.98 Å². The maximum atomic E-state index is 4.27. The first kappa shape index (κ1) is 8.70. The topological polar surface area (TPSA) is 12.9 Å². The number of aryl methyl sites for hydroxylation is 2. The predicted molar refractivity (Wildman–Crippen MR) is 58.9 cm³/mol. The van der Waals surface area contributed by atoms with E-state index in [-0.39, 0.29) is 0 Å². The van der Waals surface area contributed by atoms with E-state index in [2.05, 4.69) is 40.0 Å². The number of nitrogens with zero attached hydrogens (tertiary/aromatic N) is 1.